The van der Waals surface area contributed by atoms with Crippen molar-refractivity contribution >= 4 is 12.0 Å². The van der Waals surface area contributed by atoms with Crippen LogP contribution in [0, 0.1) is 0 Å². The fraction of sp³-hybridized carbons (Fsp3) is 0.636. The standard InChI is InChI=1S/C11H20N2O3/c1-6-9(14)16-8-7-11(2,3)12-10(15)13(4)5/h6H,1,7-8H2,2-5H3,(H,12,15). The smallest absolute Gasteiger partial charge is 0.330 e. The van der Waals surface area contributed by atoms with E-state index in [1.165, 1.54) is 4.90 Å². The molecule has 0 saturated heterocycles. The average molecular weight is 228 g/mol. The number of hydrogen-bond acceptors (Lipinski definition) is 3. The SMILES string of the molecule is C=CC(=O)OCCC(C)(C)NC(=O)N(C)C. The molecule has 0 fully saturated rings. The second kappa shape index (κ2) is 6.15. The summed E-state index contributed by atoms with van der Waals surface area (Å²) in [5.41, 5.74) is -0.414. The highest BCUT2D eigenvalue weighted by atomic mass is 16.5. The molecule has 0 heterocycles. The Bertz CT molecular complexity index is 272. The van der Waals surface area contributed by atoms with Crippen LogP contribution in [0.5, 0.6) is 0 Å². The lowest BCUT2D eigenvalue weighted by molar-refractivity contribution is -0.138. The molecule has 1 N–H and O–H groups in total. The van der Waals surface area contributed by atoms with E-state index in [9.17, 15) is 9.59 Å². The molecule has 0 bridgehead atoms. The van der Waals surface area contributed by atoms with E-state index in [2.05, 4.69) is 11.9 Å². The Kier molecular flexibility index (Phi) is 5.56. The zero-order chi connectivity index (χ0) is 12.8. The largest absolute Gasteiger partial charge is 0.462 e. The molecule has 0 aromatic carbocycles. The van der Waals surface area contributed by atoms with Gasteiger partial charge in [0.1, 0.15) is 0 Å². The molecule has 0 saturated carbocycles. The van der Waals surface area contributed by atoms with Gasteiger partial charge in [-0.1, -0.05) is 6.58 Å². The number of esters is 1. The number of ether oxygens (including phenoxy) is 1. The first kappa shape index (κ1) is 14.5. The summed E-state index contributed by atoms with van der Waals surface area (Å²) < 4.78 is 4.85. The maximum absolute atomic E-state index is 11.4. The fourth-order valence-corrected chi connectivity index (χ4v) is 0.929. The molecule has 0 radical (unpaired) electrons. The molecular weight excluding hydrogens is 208 g/mol. The number of amides is 2. The molecule has 0 atom stereocenters. The molecule has 5 heteroatoms. The van der Waals surface area contributed by atoms with Crippen molar-refractivity contribution in [2.75, 3.05) is 20.7 Å². The number of hydrogen-bond donors (Lipinski definition) is 1. The number of urea groups is 1. The maximum atomic E-state index is 11.4. The lowest BCUT2D eigenvalue weighted by atomic mass is 10.0. The summed E-state index contributed by atoms with van der Waals surface area (Å²) in [4.78, 5) is 23.7. The Hall–Kier alpha value is -1.52. The van der Waals surface area contributed by atoms with Gasteiger partial charge in [-0.25, -0.2) is 9.59 Å². The van der Waals surface area contributed by atoms with E-state index in [4.69, 9.17) is 4.74 Å². The zero-order valence-electron chi connectivity index (χ0n) is 10.4. The van der Waals surface area contributed by atoms with Gasteiger partial charge in [0, 0.05) is 32.1 Å². The topological polar surface area (TPSA) is 58.6 Å². The van der Waals surface area contributed by atoms with Gasteiger partial charge in [-0.3, -0.25) is 0 Å². The minimum absolute atomic E-state index is 0.167. The van der Waals surface area contributed by atoms with Crippen LogP contribution in [0.25, 0.3) is 0 Å². The molecule has 5 nitrogen and oxygen atoms in total. The first-order valence-electron chi connectivity index (χ1n) is 5.07. The fourth-order valence-electron chi connectivity index (χ4n) is 0.929. The van der Waals surface area contributed by atoms with E-state index >= 15 is 0 Å². The van der Waals surface area contributed by atoms with Crippen LogP contribution in [-0.4, -0.2) is 43.1 Å². The van der Waals surface area contributed by atoms with Gasteiger partial charge in [0.25, 0.3) is 0 Å². The van der Waals surface area contributed by atoms with Gasteiger partial charge in [-0.05, 0) is 13.8 Å². The number of nitrogens with zero attached hydrogens (tertiary/aromatic N) is 1. The molecule has 0 aromatic rings. The Morgan fingerprint density at radius 1 is 1.44 bits per heavy atom. The Labute approximate surface area is 96.4 Å². The lowest BCUT2D eigenvalue weighted by Crippen LogP contribution is -2.48. The zero-order valence-corrected chi connectivity index (χ0v) is 10.4. The molecule has 0 aliphatic rings. The van der Waals surface area contributed by atoms with E-state index in [1.54, 1.807) is 14.1 Å². The molecule has 0 aliphatic carbocycles. The molecular formula is C11H20N2O3. The highest BCUT2D eigenvalue weighted by Gasteiger charge is 2.21. The maximum Gasteiger partial charge on any atom is 0.330 e. The lowest BCUT2D eigenvalue weighted by Gasteiger charge is -2.27. The predicted molar refractivity (Wildman–Crippen MR) is 62.1 cm³/mol. The molecule has 0 unspecified atom stereocenters. The summed E-state index contributed by atoms with van der Waals surface area (Å²) in [6, 6.07) is -0.167. The quantitative estimate of drug-likeness (QED) is 0.567. The number of carbonyl (C=O) groups is 2. The Balaban J connectivity index is 4.00. The normalized spacial score (nSPS) is 10.5. The van der Waals surface area contributed by atoms with E-state index in [1.807, 2.05) is 13.8 Å². The number of carbonyl (C=O) groups excluding carboxylic acids is 2. The van der Waals surface area contributed by atoms with E-state index in [0.717, 1.165) is 6.08 Å². The third kappa shape index (κ3) is 6.06. The monoisotopic (exact) mass is 228 g/mol. The van der Waals surface area contributed by atoms with Gasteiger partial charge < -0.3 is 15.0 Å². The summed E-state index contributed by atoms with van der Waals surface area (Å²) in [6.45, 7) is 7.29. The minimum atomic E-state index is -0.449. The van der Waals surface area contributed by atoms with Crippen molar-refractivity contribution < 1.29 is 14.3 Å². The van der Waals surface area contributed by atoms with Crippen molar-refractivity contribution in [3.8, 4) is 0 Å². The van der Waals surface area contributed by atoms with Gasteiger partial charge in [-0.2, -0.15) is 0 Å². The number of rotatable bonds is 5. The van der Waals surface area contributed by atoms with E-state index in [-0.39, 0.29) is 12.6 Å². The minimum Gasteiger partial charge on any atom is -0.462 e. The van der Waals surface area contributed by atoms with Crippen molar-refractivity contribution in [3.63, 3.8) is 0 Å². The summed E-state index contributed by atoms with van der Waals surface area (Å²) in [6.07, 6.45) is 1.66. The van der Waals surface area contributed by atoms with Crippen LogP contribution >= 0.6 is 0 Å². The van der Waals surface area contributed by atoms with Crippen molar-refractivity contribution in [1.29, 1.82) is 0 Å². The van der Waals surface area contributed by atoms with Crippen LogP contribution in [0.15, 0.2) is 12.7 Å². The average Bonchev–Trinajstić information content (AvgIpc) is 2.16. The van der Waals surface area contributed by atoms with E-state index < -0.39 is 11.5 Å². The van der Waals surface area contributed by atoms with Gasteiger partial charge in [-0.15, -0.1) is 0 Å². The van der Waals surface area contributed by atoms with Crippen LogP contribution in [0.3, 0.4) is 0 Å². The highest BCUT2D eigenvalue weighted by molar-refractivity contribution is 5.81. The van der Waals surface area contributed by atoms with Gasteiger partial charge in [0.15, 0.2) is 0 Å². The summed E-state index contributed by atoms with van der Waals surface area (Å²) in [7, 11) is 3.34. The second-order valence-electron chi connectivity index (χ2n) is 4.33. The summed E-state index contributed by atoms with van der Waals surface area (Å²) >= 11 is 0. The van der Waals surface area contributed by atoms with Crippen molar-refractivity contribution in [1.82, 2.24) is 10.2 Å². The Morgan fingerprint density at radius 3 is 2.44 bits per heavy atom. The summed E-state index contributed by atoms with van der Waals surface area (Å²) in [5, 5.41) is 2.82. The van der Waals surface area contributed by atoms with Crippen molar-refractivity contribution in [3.05, 3.63) is 12.7 Å². The van der Waals surface area contributed by atoms with Gasteiger partial charge in [0.2, 0.25) is 0 Å². The number of nitrogens with one attached hydrogen (secondary N) is 1. The third-order valence-corrected chi connectivity index (χ3v) is 1.99. The highest BCUT2D eigenvalue weighted by Crippen LogP contribution is 2.08. The third-order valence-electron chi connectivity index (χ3n) is 1.99. The van der Waals surface area contributed by atoms with Crippen LogP contribution < -0.4 is 5.32 Å². The van der Waals surface area contributed by atoms with Gasteiger partial charge in [0.05, 0.1) is 6.61 Å². The molecule has 0 aromatic heterocycles. The molecule has 0 rings (SSSR count). The first-order valence-corrected chi connectivity index (χ1v) is 5.07. The molecule has 0 aliphatic heterocycles. The van der Waals surface area contributed by atoms with Crippen LogP contribution in [0.2, 0.25) is 0 Å². The Morgan fingerprint density at radius 2 is 2.00 bits per heavy atom. The van der Waals surface area contributed by atoms with Gasteiger partial charge >= 0.3 is 12.0 Å². The van der Waals surface area contributed by atoms with Crippen LogP contribution in [-0.2, 0) is 9.53 Å². The predicted octanol–water partition coefficient (Wildman–Crippen LogP) is 1.16. The second-order valence-corrected chi connectivity index (χ2v) is 4.33. The van der Waals surface area contributed by atoms with Crippen LogP contribution in [0.1, 0.15) is 20.3 Å². The molecule has 0 spiro atoms. The first-order chi connectivity index (χ1) is 7.28. The van der Waals surface area contributed by atoms with Crippen molar-refractivity contribution in [2.45, 2.75) is 25.8 Å². The molecule has 92 valence electrons. The molecule has 2 amide bonds. The molecule has 16 heavy (non-hydrogen) atoms. The summed E-state index contributed by atoms with van der Waals surface area (Å²) in [5.74, 6) is -0.449. The van der Waals surface area contributed by atoms with Crippen molar-refractivity contribution in [2.24, 2.45) is 0 Å². The van der Waals surface area contributed by atoms with E-state index in [0.29, 0.717) is 6.42 Å². The van der Waals surface area contributed by atoms with Crippen LogP contribution in [0.4, 0.5) is 4.79 Å².